The van der Waals surface area contributed by atoms with E-state index in [1.807, 2.05) is 0 Å². The molecule has 0 heterocycles. The summed E-state index contributed by atoms with van der Waals surface area (Å²) >= 11 is 0. The zero-order valence-electron chi connectivity index (χ0n) is 71.0. The van der Waals surface area contributed by atoms with Crippen LogP contribution in [0.15, 0.2) is 146 Å². The number of aliphatic hydroxyl groups is 3. The van der Waals surface area contributed by atoms with E-state index in [1.54, 1.807) is 72.8 Å². The predicted molar refractivity (Wildman–Crippen MR) is 464 cm³/mol. The molecule has 7 rings (SSSR count). The maximum absolute atomic E-state index is 18.0. The van der Waals surface area contributed by atoms with Gasteiger partial charge < -0.3 is 29.5 Å². The zero-order chi connectivity index (χ0) is 81.7. The first-order valence-electron chi connectivity index (χ1n) is 45.5. The fraction of sp³-hybridized carbons (Fsp3) is 0.588. The first-order chi connectivity index (χ1) is 55.6. The third kappa shape index (κ3) is 27.6. The van der Waals surface area contributed by atoms with Crippen LogP contribution in [0.25, 0.3) is 0 Å². The Morgan fingerprint density at radius 3 is 0.596 bits per heavy atom. The van der Waals surface area contributed by atoms with Crippen molar-refractivity contribution in [1.29, 1.82) is 0 Å². The van der Waals surface area contributed by atoms with Crippen LogP contribution in [-0.4, -0.2) is 85.7 Å². The van der Waals surface area contributed by atoms with Crippen LogP contribution in [0, 0.1) is 0 Å². The van der Waals surface area contributed by atoms with E-state index >= 15 is 28.8 Å². The molecule has 3 N–H and O–H groups in total. The summed E-state index contributed by atoms with van der Waals surface area (Å²) in [5.74, 6) is -8.31. The minimum Gasteiger partial charge on any atom is -0.439 e. The van der Waals surface area contributed by atoms with E-state index in [4.69, 9.17) is 14.2 Å². The van der Waals surface area contributed by atoms with Gasteiger partial charge in [-0.2, -0.15) is 0 Å². The van der Waals surface area contributed by atoms with Crippen LogP contribution in [0.3, 0.4) is 0 Å². The Morgan fingerprint density at radius 1 is 0.228 bits per heavy atom. The summed E-state index contributed by atoms with van der Waals surface area (Å²) in [5, 5.41) is 41.3. The van der Waals surface area contributed by atoms with Crippen LogP contribution in [0.4, 0.5) is 0 Å². The summed E-state index contributed by atoms with van der Waals surface area (Å²) in [7, 11) is 0. The molecule has 12 nitrogen and oxygen atoms in total. The molecule has 114 heavy (non-hydrogen) atoms. The number of aliphatic hydroxyl groups excluding tert-OH is 3. The summed E-state index contributed by atoms with van der Waals surface area (Å²) in [5.41, 5.74) is -8.04. The Kier molecular flexibility index (Phi) is 43.1. The summed E-state index contributed by atoms with van der Waals surface area (Å²) < 4.78 is 21.0. The SMILES string of the molecule is CCCCCCCCCc1ccc(C(=O)O[C@@]2(C(=O)c3ccc(CCCCCCCCC)cc3)[C@@](OC(=O)c3ccc(CCCCCCCCC)cc3)(C(=O)c3ccc(CCCCCCCCC)cc3)[C@@H](O)[C@H](O)[C@@H](O)[C@@]2(OC(=O)c2ccc(CCCCCCCCC)cc2)C(=O)c2ccc(CCCCCCCCC)cc2)cc1. The molecule has 0 amide bonds. The summed E-state index contributed by atoms with van der Waals surface area (Å²) in [6, 6.07) is 38.7. The first-order valence-corrected chi connectivity index (χ1v) is 45.5. The van der Waals surface area contributed by atoms with Crippen molar-refractivity contribution in [3.63, 3.8) is 0 Å². The Balaban J connectivity index is 1.54. The topological polar surface area (TPSA) is 191 Å². The summed E-state index contributed by atoms with van der Waals surface area (Å²) in [6.07, 6.45) is 40.3. The van der Waals surface area contributed by atoms with Crippen molar-refractivity contribution >= 4 is 35.3 Å². The van der Waals surface area contributed by atoms with Gasteiger partial charge >= 0.3 is 17.9 Å². The average molecular weight is 1560 g/mol. The lowest BCUT2D eigenvalue weighted by atomic mass is 9.52. The quantitative estimate of drug-likeness (QED) is 0.0142. The van der Waals surface area contributed by atoms with E-state index in [1.165, 1.54) is 131 Å². The van der Waals surface area contributed by atoms with Crippen molar-refractivity contribution in [1.82, 2.24) is 0 Å². The minimum absolute atomic E-state index is 0.177. The number of carbonyl (C=O) groups excluding carboxylic acids is 6. The van der Waals surface area contributed by atoms with Gasteiger partial charge in [-0.15, -0.1) is 0 Å². The molecule has 1 aliphatic rings. The van der Waals surface area contributed by atoms with Crippen molar-refractivity contribution in [3.05, 3.63) is 212 Å². The maximum Gasteiger partial charge on any atom is 0.339 e. The Bertz CT molecular complexity index is 3540. The molecule has 6 aromatic carbocycles. The molecule has 0 unspecified atom stereocenters. The van der Waals surface area contributed by atoms with Crippen LogP contribution in [-0.2, 0) is 52.7 Å². The molecule has 1 fully saturated rings. The van der Waals surface area contributed by atoms with Gasteiger partial charge in [0.05, 0.1) is 16.7 Å². The van der Waals surface area contributed by atoms with Crippen molar-refractivity contribution < 1.29 is 58.3 Å². The van der Waals surface area contributed by atoms with Gasteiger partial charge in [0.25, 0.3) is 16.8 Å². The van der Waals surface area contributed by atoms with Gasteiger partial charge in [0.1, 0.15) is 18.3 Å². The Morgan fingerprint density at radius 2 is 0.395 bits per heavy atom. The molecule has 1 aliphatic carbocycles. The van der Waals surface area contributed by atoms with E-state index in [2.05, 4.69) is 41.5 Å². The van der Waals surface area contributed by atoms with Crippen molar-refractivity contribution in [3.8, 4) is 0 Å². The van der Waals surface area contributed by atoms with Crippen molar-refractivity contribution in [2.45, 2.75) is 385 Å². The smallest absolute Gasteiger partial charge is 0.339 e. The molecule has 6 aromatic rings. The zero-order valence-corrected chi connectivity index (χ0v) is 71.0. The highest BCUT2D eigenvalue weighted by molar-refractivity contribution is 6.21. The lowest BCUT2D eigenvalue weighted by molar-refractivity contribution is -0.293. The number of hydrogen-bond acceptors (Lipinski definition) is 12. The fourth-order valence-corrected chi connectivity index (χ4v) is 16.7. The van der Waals surface area contributed by atoms with Gasteiger partial charge in [0.15, 0.2) is 0 Å². The number of carbonyl (C=O) groups is 6. The number of esters is 3. The Hall–Kier alpha value is -7.38. The number of Topliss-reactive ketones (excluding diaryl/α,β-unsaturated/α-hetero) is 3. The highest BCUT2D eigenvalue weighted by Gasteiger charge is 2.88. The van der Waals surface area contributed by atoms with Gasteiger partial charge in [-0.05, 0) is 147 Å². The van der Waals surface area contributed by atoms with Crippen molar-refractivity contribution in [2.24, 2.45) is 0 Å². The maximum atomic E-state index is 18.0. The number of hydrogen-bond donors (Lipinski definition) is 3. The van der Waals surface area contributed by atoms with Gasteiger partial charge in [0.2, 0.25) is 17.3 Å². The second-order valence-electron chi connectivity index (χ2n) is 33.1. The molecule has 0 spiro atoms. The van der Waals surface area contributed by atoms with Crippen LogP contribution < -0.4 is 0 Å². The van der Waals surface area contributed by atoms with E-state index in [0.717, 1.165) is 245 Å². The van der Waals surface area contributed by atoms with Crippen molar-refractivity contribution in [2.75, 3.05) is 0 Å². The van der Waals surface area contributed by atoms with Crippen LogP contribution in [0.5, 0.6) is 0 Å². The van der Waals surface area contributed by atoms with E-state index in [0.29, 0.717) is 38.5 Å². The van der Waals surface area contributed by atoms with Gasteiger partial charge in [-0.25, -0.2) is 14.4 Å². The predicted octanol–water partition coefficient (Wildman–Crippen LogP) is 25.3. The largest absolute Gasteiger partial charge is 0.439 e. The number of unbranched alkanes of at least 4 members (excludes halogenated alkanes) is 36. The number of aryl methyl sites for hydroxylation is 6. The minimum atomic E-state index is -4.02. The second-order valence-corrected chi connectivity index (χ2v) is 33.1. The first kappa shape index (κ1) is 93.8. The summed E-state index contributed by atoms with van der Waals surface area (Å²) in [6.45, 7) is 13.2. The lowest BCUT2D eigenvalue weighted by Crippen LogP contribution is -2.91. The second kappa shape index (κ2) is 52.3. The Labute approximate surface area is 686 Å². The molecule has 624 valence electrons. The fourth-order valence-electron chi connectivity index (χ4n) is 16.7. The van der Waals surface area contributed by atoms with E-state index in [-0.39, 0.29) is 33.4 Å². The third-order valence-electron chi connectivity index (χ3n) is 23.9. The number of ether oxygens (including phenoxy) is 3. The van der Waals surface area contributed by atoms with E-state index < -0.39 is 70.4 Å². The number of benzene rings is 6. The molecule has 12 heteroatoms. The average Bonchev–Trinajstić information content (AvgIpc) is 0.658. The highest BCUT2D eigenvalue weighted by Crippen LogP contribution is 2.56. The molecule has 0 bridgehead atoms. The summed E-state index contributed by atoms with van der Waals surface area (Å²) in [4.78, 5) is 102. The van der Waals surface area contributed by atoms with Crippen LogP contribution in [0.1, 0.15) is 407 Å². The molecule has 6 atom stereocenters. The lowest BCUT2D eigenvalue weighted by Gasteiger charge is -2.60. The standard InChI is InChI=1S/C102H144O12/c1-7-13-19-25-31-37-43-49-79-55-67-85(68-56-79)92(104)100(112-97(109)88-73-61-82(62-74-88)52-46-40-34-28-22-16-10-4)95(107)91(103)96(108)101(93(105)86-69-57-80(58-70-86)50-44-38-32-26-20-14-8-2,113-98(110)89-75-63-83(64-76-89)53-47-41-35-29-23-17-11-5)102(100,94(106)87-71-59-81(60-72-87)51-45-39-33-27-21-15-9-3)114-99(111)90-77-65-84(66-78-90)54-48-42-36-30-24-18-12-6/h55-78,91,95-96,103,107-108H,7-54H2,1-6H3/t91-,95-,96+,100+,101-,102-. The monoisotopic (exact) mass is 1560 g/mol. The molecule has 0 saturated heterocycles. The molecule has 0 radical (unpaired) electrons. The van der Waals surface area contributed by atoms with Gasteiger partial charge in [-0.3, -0.25) is 14.4 Å². The number of rotatable bonds is 60. The van der Waals surface area contributed by atoms with Gasteiger partial charge in [0, 0.05) is 16.7 Å². The number of ketones is 3. The molecule has 1 saturated carbocycles. The van der Waals surface area contributed by atoms with Crippen LogP contribution in [0.2, 0.25) is 0 Å². The van der Waals surface area contributed by atoms with E-state index in [9.17, 15) is 15.3 Å². The van der Waals surface area contributed by atoms with Gasteiger partial charge in [-0.1, -0.05) is 382 Å². The molecule has 0 aromatic heterocycles. The molecular weight excluding hydrogens is 1420 g/mol. The molecule has 0 aliphatic heterocycles. The van der Waals surface area contributed by atoms with Crippen LogP contribution >= 0.6 is 0 Å². The molecular formula is C102H144O12. The third-order valence-corrected chi connectivity index (χ3v) is 23.9. The normalized spacial score (nSPS) is 18.0. The highest BCUT2D eigenvalue weighted by atomic mass is 16.7.